The number of amides is 1. The maximum Gasteiger partial charge on any atom is 0.264 e. The van der Waals surface area contributed by atoms with E-state index in [0.717, 1.165) is 42.8 Å². The van der Waals surface area contributed by atoms with E-state index in [0.29, 0.717) is 31.9 Å². The fraction of sp³-hybridized carbons (Fsp3) is 0.485. The first kappa shape index (κ1) is 30.6. The summed E-state index contributed by atoms with van der Waals surface area (Å²) >= 11 is 6.38. The molecule has 2 aromatic carbocycles. The summed E-state index contributed by atoms with van der Waals surface area (Å²) in [4.78, 5) is 15.5. The zero-order valence-electron chi connectivity index (χ0n) is 24.2. The van der Waals surface area contributed by atoms with E-state index in [1.165, 1.54) is 17.2 Å². The van der Waals surface area contributed by atoms with Crippen molar-refractivity contribution in [2.75, 3.05) is 24.6 Å². The summed E-state index contributed by atoms with van der Waals surface area (Å²) in [7, 11) is -3.87. The Morgan fingerprint density at radius 1 is 1.21 bits per heavy atom. The van der Waals surface area contributed by atoms with Gasteiger partial charge in [0.05, 0.1) is 23.6 Å². The van der Waals surface area contributed by atoms with Gasteiger partial charge in [0.1, 0.15) is 5.75 Å². The van der Waals surface area contributed by atoms with Gasteiger partial charge in [-0.15, -0.1) is 13.2 Å². The lowest BCUT2D eigenvalue weighted by atomic mass is 9.68. The van der Waals surface area contributed by atoms with Crippen LogP contribution < -0.4 is 14.4 Å². The van der Waals surface area contributed by atoms with Crippen LogP contribution in [0.15, 0.2) is 61.7 Å². The van der Waals surface area contributed by atoms with Crippen molar-refractivity contribution in [3.8, 4) is 5.75 Å². The number of sulfonamides is 1. The predicted molar refractivity (Wildman–Crippen MR) is 168 cm³/mol. The molecule has 7 nitrogen and oxygen atoms in total. The molecule has 5 atom stereocenters. The SMILES string of the molecule is C=CC[C@H](O)[C@@H]1CC[C@H]1CN1C[C@@]2(CCCc3cc(Cl)ccc32)COc2ccc(C(=O)NS(=O)(=O)[C@@H](C)CC=C)cc21. The molecule has 1 saturated carbocycles. The smallest absolute Gasteiger partial charge is 0.264 e. The lowest BCUT2D eigenvalue weighted by Crippen LogP contribution is -2.49. The number of aliphatic hydroxyl groups is 1. The molecule has 5 rings (SSSR count). The number of hydrogen-bond donors (Lipinski definition) is 2. The molecule has 226 valence electrons. The van der Waals surface area contributed by atoms with Crippen molar-refractivity contribution < 1.29 is 23.1 Å². The zero-order valence-corrected chi connectivity index (χ0v) is 25.8. The van der Waals surface area contributed by atoms with E-state index in [4.69, 9.17) is 16.3 Å². The van der Waals surface area contributed by atoms with Crippen LogP contribution >= 0.6 is 11.6 Å². The average Bonchev–Trinajstić information content (AvgIpc) is 3.08. The van der Waals surface area contributed by atoms with Crippen LogP contribution in [0.5, 0.6) is 5.75 Å². The van der Waals surface area contributed by atoms with Crippen molar-refractivity contribution in [2.45, 2.75) is 68.6 Å². The van der Waals surface area contributed by atoms with Crippen LogP contribution in [-0.2, 0) is 21.9 Å². The lowest BCUT2D eigenvalue weighted by Gasteiger charge is -2.45. The Labute approximate surface area is 254 Å². The topological polar surface area (TPSA) is 95.9 Å². The molecule has 0 radical (unpaired) electrons. The van der Waals surface area contributed by atoms with Gasteiger partial charge in [0, 0.05) is 29.1 Å². The number of nitrogens with one attached hydrogen (secondary N) is 1. The number of hydrogen-bond acceptors (Lipinski definition) is 6. The molecule has 1 aliphatic heterocycles. The van der Waals surface area contributed by atoms with Crippen molar-refractivity contribution in [1.82, 2.24) is 4.72 Å². The second-order valence-electron chi connectivity index (χ2n) is 12.2. The van der Waals surface area contributed by atoms with Crippen molar-refractivity contribution >= 4 is 33.2 Å². The van der Waals surface area contributed by atoms with Crippen LogP contribution in [0, 0.1) is 11.8 Å². The third-order valence-electron chi connectivity index (χ3n) is 9.40. The lowest BCUT2D eigenvalue weighted by molar-refractivity contribution is 0.0178. The Hall–Kier alpha value is -2.81. The van der Waals surface area contributed by atoms with Gasteiger partial charge in [0.25, 0.3) is 5.91 Å². The Kier molecular flexibility index (Phi) is 9.07. The van der Waals surface area contributed by atoms with Gasteiger partial charge in [0.15, 0.2) is 0 Å². The molecular formula is C33H41ClN2O5S. The van der Waals surface area contributed by atoms with E-state index in [9.17, 15) is 18.3 Å². The van der Waals surface area contributed by atoms with Gasteiger partial charge in [-0.05, 0) is 105 Å². The largest absolute Gasteiger partial charge is 0.490 e. The zero-order chi connectivity index (χ0) is 30.1. The first-order chi connectivity index (χ1) is 20.1. The van der Waals surface area contributed by atoms with Gasteiger partial charge in [-0.25, -0.2) is 13.1 Å². The minimum Gasteiger partial charge on any atom is -0.490 e. The van der Waals surface area contributed by atoms with Crippen LogP contribution in [0.2, 0.25) is 5.02 Å². The molecule has 2 aromatic rings. The quantitative estimate of drug-likeness (QED) is 0.329. The van der Waals surface area contributed by atoms with Crippen molar-refractivity contribution in [3.63, 3.8) is 0 Å². The molecule has 0 aromatic heterocycles. The number of ether oxygens (including phenoxy) is 1. The van der Waals surface area contributed by atoms with Gasteiger partial charge >= 0.3 is 0 Å². The molecule has 9 heteroatoms. The van der Waals surface area contributed by atoms with Gasteiger partial charge in [-0.2, -0.15) is 0 Å². The van der Waals surface area contributed by atoms with Crippen LogP contribution in [0.25, 0.3) is 0 Å². The highest BCUT2D eigenvalue weighted by Crippen LogP contribution is 2.46. The van der Waals surface area contributed by atoms with E-state index in [-0.39, 0.29) is 29.2 Å². The summed E-state index contributed by atoms with van der Waals surface area (Å²) in [5.41, 5.74) is 3.22. The average molecular weight is 613 g/mol. The van der Waals surface area contributed by atoms with Crippen LogP contribution in [0.3, 0.4) is 0 Å². The predicted octanol–water partition coefficient (Wildman–Crippen LogP) is 5.80. The number of halogens is 1. The maximum atomic E-state index is 13.2. The number of allylic oxidation sites excluding steroid dienone is 1. The molecular weight excluding hydrogens is 572 g/mol. The standard InChI is InChI=1S/C33H41ClN2O5S/c1-4-7-22(3)42(39,40)35-32(38)24-11-15-31-29(18-24)36(19-25-10-13-27(25)30(37)8-5-2)20-33(21-41-31)16-6-9-23-17-26(34)12-14-28(23)33/h4-5,11-12,14-15,17-18,22,25,27,30,37H,1-2,6-10,13,16,19-21H2,3H3,(H,35,38)/t22-,25-,27+,30-,33-/m0/s1. The Morgan fingerprint density at radius 3 is 2.71 bits per heavy atom. The maximum absolute atomic E-state index is 13.2. The van der Waals surface area contributed by atoms with Crippen LogP contribution in [-0.4, -0.2) is 50.5 Å². The second kappa shape index (κ2) is 12.4. The van der Waals surface area contributed by atoms with E-state index in [1.807, 2.05) is 6.07 Å². The summed E-state index contributed by atoms with van der Waals surface area (Å²) in [5.74, 6) is 0.434. The van der Waals surface area contributed by atoms with E-state index < -0.39 is 27.3 Å². The van der Waals surface area contributed by atoms with E-state index in [1.54, 1.807) is 31.2 Å². The first-order valence-electron chi connectivity index (χ1n) is 14.8. The number of carbonyl (C=O) groups excluding carboxylic acids is 1. The van der Waals surface area contributed by atoms with Gasteiger partial charge < -0.3 is 14.7 Å². The molecule has 1 amide bonds. The number of aliphatic hydroxyl groups excluding tert-OH is 1. The number of fused-ring (bicyclic) bond motifs is 3. The second-order valence-corrected chi connectivity index (χ2v) is 14.7. The minimum absolute atomic E-state index is 0.173. The summed E-state index contributed by atoms with van der Waals surface area (Å²) in [6.07, 6.45) is 8.55. The number of rotatable bonds is 10. The van der Waals surface area contributed by atoms with Crippen molar-refractivity contribution in [1.29, 1.82) is 0 Å². The minimum atomic E-state index is -3.87. The highest BCUT2D eigenvalue weighted by atomic mass is 35.5. The highest BCUT2D eigenvalue weighted by molar-refractivity contribution is 7.90. The monoisotopic (exact) mass is 612 g/mol. The fourth-order valence-corrected chi connectivity index (χ4v) is 8.02. The molecule has 0 bridgehead atoms. The van der Waals surface area contributed by atoms with Crippen molar-refractivity contribution in [3.05, 3.63) is 83.4 Å². The van der Waals surface area contributed by atoms with Crippen LogP contribution in [0.1, 0.15) is 66.9 Å². The van der Waals surface area contributed by atoms with Gasteiger partial charge in [0.2, 0.25) is 10.0 Å². The third kappa shape index (κ3) is 6.12. The summed E-state index contributed by atoms with van der Waals surface area (Å²) in [6.45, 7) is 10.8. The number of carbonyl (C=O) groups is 1. The van der Waals surface area contributed by atoms with E-state index in [2.05, 4.69) is 34.9 Å². The molecule has 2 N–H and O–H groups in total. The highest BCUT2D eigenvalue weighted by Gasteiger charge is 2.44. The molecule has 3 aliphatic rings. The molecule has 0 unspecified atom stereocenters. The Morgan fingerprint density at radius 2 is 2.00 bits per heavy atom. The van der Waals surface area contributed by atoms with Gasteiger partial charge in [-0.1, -0.05) is 29.8 Å². The number of benzene rings is 2. The molecule has 1 spiro atoms. The van der Waals surface area contributed by atoms with E-state index >= 15 is 0 Å². The summed E-state index contributed by atoms with van der Waals surface area (Å²) < 4.78 is 34.2. The fourth-order valence-electron chi connectivity index (χ4n) is 6.86. The Bertz CT molecular complexity index is 1460. The molecule has 1 heterocycles. The number of anilines is 1. The number of nitrogens with zero attached hydrogens (tertiary/aromatic N) is 1. The molecule has 0 saturated heterocycles. The first-order valence-corrected chi connectivity index (χ1v) is 16.8. The molecule has 2 aliphatic carbocycles. The van der Waals surface area contributed by atoms with Crippen LogP contribution in [0.4, 0.5) is 5.69 Å². The third-order valence-corrected chi connectivity index (χ3v) is 11.4. The molecule has 1 fully saturated rings. The van der Waals surface area contributed by atoms with Crippen molar-refractivity contribution in [2.24, 2.45) is 11.8 Å². The normalized spacial score (nSPS) is 24.7. The molecule has 42 heavy (non-hydrogen) atoms. The Balaban J connectivity index is 1.50. The summed E-state index contributed by atoms with van der Waals surface area (Å²) in [5, 5.41) is 10.7. The number of aryl methyl sites for hydroxylation is 1. The van der Waals surface area contributed by atoms with Gasteiger partial charge in [-0.3, -0.25) is 4.79 Å². The summed E-state index contributed by atoms with van der Waals surface area (Å²) in [6, 6.07) is 11.3.